The molecule has 0 atom stereocenters. The van der Waals surface area contributed by atoms with E-state index in [1.165, 1.54) is 21.4 Å². The number of aryl methyl sites for hydroxylation is 1. The summed E-state index contributed by atoms with van der Waals surface area (Å²) in [5.74, 6) is 0. The highest BCUT2D eigenvalue weighted by atomic mass is 16.2. The van der Waals surface area contributed by atoms with Crippen LogP contribution in [0.1, 0.15) is 12.6 Å². The van der Waals surface area contributed by atoms with Gasteiger partial charge in [0.15, 0.2) is 0 Å². The van der Waals surface area contributed by atoms with Gasteiger partial charge in [0.2, 0.25) is 0 Å². The molecule has 0 saturated carbocycles. The van der Waals surface area contributed by atoms with Crippen LogP contribution in [0.2, 0.25) is 0 Å². The van der Waals surface area contributed by atoms with Crippen molar-refractivity contribution in [3.63, 3.8) is 0 Å². The Kier molecular flexibility index (Phi) is 3.39. The van der Waals surface area contributed by atoms with Gasteiger partial charge in [0.25, 0.3) is 5.56 Å². The summed E-state index contributed by atoms with van der Waals surface area (Å²) >= 11 is 0. The summed E-state index contributed by atoms with van der Waals surface area (Å²) in [6.45, 7) is 2.58. The van der Waals surface area contributed by atoms with E-state index in [0.29, 0.717) is 12.2 Å². The second-order valence-electron chi connectivity index (χ2n) is 4.80. The van der Waals surface area contributed by atoms with E-state index in [1.807, 2.05) is 43.3 Å². The molecule has 1 aromatic carbocycles. The molecular formula is C16H15N3O2. The van der Waals surface area contributed by atoms with Crippen LogP contribution >= 0.6 is 0 Å². The van der Waals surface area contributed by atoms with Crippen molar-refractivity contribution < 1.29 is 0 Å². The van der Waals surface area contributed by atoms with Crippen LogP contribution < -0.4 is 11.2 Å². The van der Waals surface area contributed by atoms with E-state index < -0.39 is 0 Å². The van der Waals surface area contributed by atoms with E-state index in [1.54, 1.807) is 0 Å². The van der Waals surface area contributed by atoms with Gasteiger partial charge >= 0.3 is 5.69 Å². The molecule has 3 aromatic rings. The van der Waals surface area contributed by atoms with Gasteiger partial charge in [-0.25, -0.2) is 4.79 Å². The third-order valence-electron chi connectivity index (χ3n) is 3.46. The second kappa shape index (κ2) is 5.36. The van der Waals surface area contributed by atoms with Gasteiger partial charge in [0, 0.05) is 24.2 Å². The summed E-state index contributed by atoms with van der Waals surface area (Å²) in [4.78, 5) is 28.6. The Bertz CT molecular complexity index is 909. The average molecular weight is 281 g/mol. The Balaban J connectivity index is 2.06. The molecule has 0 unspecified atom stereocenters. The molecule has 0 amide bonds. The van der Waals surface area contributed by atoms with Crippen LogP contribution in [-0.2, 0) is 13.1 Å². The molecule has 21 heavy (non-hydrogen) atoms. The fraction of sp³-hybridized carbons (Fsp3) is 0.188. The molecule has 106 valence electrons. The first-order valence-corrected chi connectivity index (χ1v) is 6.84. The minimum atomic E-state index is -0.306. The van der Waals surface area contributed by atoms with Gasteiger partial charge in [0.05, 0.1) is 17.8 Å². The number of nitrogens with zero attached hydrogens (tertiary/aromatic N) is 3. The summed E-state index contributed by atoms with van der Waals surface area (Å²) in [6, 6.07) is 13.0. The second-order valence-corrected chi connectivity index (χ2v) is 4.80. The monoisotopic (exact) mass is 281 g/mol. The van der Waals surface area contributed by atoms with E-state index in [2.05, 4.69) is 4.98 Å². The molecule has 0 saturated heterocycles. The molecule has 0 radical (unpaired) electrons. The quantitative estimate of drug-likeness (QED) is 0.733. The number of hydrogen-bond donors (Lipinski definition) is 0. The molecular weight excluding hydrogens is 266 g/mol. The highest BCUT2D eigenvalue weighted by Gasteiger charge is 2.06. The van der Waals surface area contributed by atoms with Crippen LogP contribution in [0, 0.1) is 0 Å². The topological polar surface area (TPSA) is 56.9 Å². The van der Waals surface area contributed by atoms with Crippen molar-refractivity contribution >= 4 is 10.9 Å². The van der Waals surface area contributed by atoms with Crippen LogP contribution in [0.15, 0.2) is 58.3 Å². The summed E-state index contributed by atoms with van der Waals surface area (Å²) in [7, 11) is 0. The number of para-hydroxylation sites is 1. The van der Waals surface area contributed by atoms with Gasteiger partial charge in [-0.1, -0.05) is 24.3 Å². The Labute approximate surface area is 121 Å². The van der Waals surface area contributed by atoms with Gasteiger partial charge in [-0.2, -0.15) is 0 Å². The lowest BCUT2D eigenvalue weighted by Gasteiger charge is -2.08. The van der Waals surface area contributed by atoms with Crippen molar-refractivity contribution in [1.82, 2.24) is 14.1 Å². The third-order valence-corrected chi connectivity index (χ3v) is 3.46. The molecule has 0 aliphatic heterocycles. The van der Waals surface area contributed by atoms with Crippen molar-refractivity contribution in [2.75, 3.05) is 0 Å². The van der Waals surface area contributed by atoms with E-state index in [-0.39, 0.29) is 17.8 Å². The zero-order valence-electron chi connectivity index (χ0n) is 11.7. The van der Waals surface area contributed by atoms with Crippen LogP contribution in [-0.4, -0.2) is 14.1 Å². The first kappa shape index (κ1) is 13.3. The zero-order valence-corrected chi connectivity index (χ0v) is 11.7. The van der Waals surface area contributed by atoms with Crippen LogP contribution in [0.5, 0.6) is 0 Å². The molecule has 2 aromatic heterocycles. The summed E-state index contributed by atoms with van der Waals surface area (Å²) < 4.78 is 2.71. The molecule has 0 aliphatic rings. The lowest BCUT2D eigenvalue weighted by atomic mass is 10.2. The lowest BCUT2D eigenvalue weighted by molar-refractivity contribution is 0.595. The maximum absolute atomic E-state index is 12.2. The average Bonchev–Trinajstić information content (AvgIpc) is 2.51. The van der Waals surface area contributed by atoms with Gasteiger partial charge in [-0.3, -0.25) is 14.3 Å². The van der Waals surface area contributed by atoms with Crippen LogP contribution in [0.3, 0.4) is 0 Å². The molecule has 0 aliphatic carbocycles. The predicted molar refractivity (Wildman–Crippen MR) is 81.5 cm³/mol. The molecule has 0 bridgehead atoms. The number of hydrogen-bond acceptors (Lipinski definition) is 3. The molecule has 0 spiro atoms. The number of benzene rings is 1. The SMILES string of the molecule is CCn1ccc(=O)n(Cc2ccc3ccccc3n2)c1=O. The molecule has 2 heterocycles. The highest BCUT2D eigenvalue weighted by Crippen LogP contribution is 2.11. The number of aromatic nitrogens is 3. The Morgan fingerprint density at radius 3 is 2.67 bits per heavy atom. The normalized spacial score (nSPS) is 10.9. The van der Waals surface area contributed by atoms with Crippen molar-refractivity contribution in [3.05, 3.63) is 75.2 Å². The van der Waals surface area contributed by atoms with E-state index in [9.17, 15) is 9.59 Å². The van der Waals surface area contributed by atoms with E-state index in [4.69, 9.17) is 0 Å². The Hall–Kier alpha value is -2.69. The van der Waals surface area contributed by atoms with E-state index in [0.717, 1.165) is 10.9 Å². The van der Waals surface area contributed by atoms with Gasteiger partial charge < -0.3 is 4.57 Å². The number of pyridine rings is 1. The van der Waals surface area contributed by atoms with Gasteiger partial charge in [0.1, 0.15) is 0 Å². The lowest BCUT2D eigenvalue weighted by Crippen LogP contribution is -2.39. The zero-order chi connectivity index (χ0) is 14.8. The smallest absolute Gasteiger partial charge is 0.301 e. The maximum atomic E-state index is 12.2. The molecule has 0 N–H and O–H groups in total. The maximum Gasteiger partial charge on any atom is 0.331 e. The predicted octanol–water partition coefficient (Wildman–Crippen LogP) is 1.63. The molecule has 5 nitrogen and oxygen atoms in total. The van der Waals surface area contributed by atoms with Crippen molar-refractivity contribution in [2.24, 2.45) is 0 Å². The first-order valence-electron chi connectivity index (χ1n) is 6.84. The number of rotatable bonds is 3. The first-order chi connectivity index (χ1) is 10.2. The Morgan fingerprint density at radius 2 is 1.86 bits per heavy atom. The summed E-state index contributed by atoms with van der Waals surface area (Å²) in [6.07, 6.45) is 1.52. The van der Waals surface area contributed by atoms with Crippen molar-refractivity contribution in [2.45, 2.75) is 20.0 Å². The molecule has 5 heteroatoms. The van der Waals surface area contributed by atoms with Crippen LogP contribution in [0.25, 0.3) is 10.9 Å². The largest absolute Gasteiger partial charge is 0.331 e. The minimum absolute atomic E-state index is 0.184. The van der Waals surface area contributed by atoms with E-state index >= 15 is 0 Å². The van der Waals surface area contributed by atoms with Gasteiger partial charge in [-0.05, 0) is 19.1 Å². The molecule has 3 rings (SSSR count). The summed E-state index contributed by atoms with van der Waals surface area (Å²) in [5, 5.41) is 1.03. The Morgan fingerprint density at radius 1 is 1.05 bits per heavy atom. The highest BCUT2D eigenvalue weighted by molar-refractivity contribution is 5.78. The standard InChI is InChI=1S/C16H15N3O2/c1-2-18-10-9-15(20)19(16(18)21)11-13-8-7-12-5-3-4-6-14(12)17-13/h3-10H,2,11H2,1H3. The third kappa shape index (κ3) is 2.50. The fourth-order valence-corrected chi connectivity index (χ4v) is 2.30. The molecule has 0 fully saturated rings. The minimum Gasteiger partial charge on any atom is -0.301 e. The van der Waals surface area contributed by atoms with Gasteiger partial charge in [-0.15, -0.1) is 0 Å². The van der Waals surface area contributed by atoms with Crippen LogP contribution in [0.4, 0.5) is 0 Å². The fourth-order valence-electron chi connectivity index (χ4n) is 2.30. The number of fused-ring (bicyclic) bond motifs is 1. The van der Waals surface area contributed by atoms with Crippen molar-refractivity contribution in [1.29, 1.82) is 0 Å². The summed E-state index contributed by atoms with van der Waals surface area (Å²) in [5.41, 5.74) is 0.941. The van der Waals surface area contributed by atoms with Crippen molar-refractivity contribution in [3.8, 4) is 0 Å².